The van der Waals surface area contributed by atoms with Gasteiger partial charge in [-0.1, -0.05) is 18.2 Å². The van der Waals surface area contributed by atoms with Crippen molar-refractivity contribution in [1.29, 1.82) is 0 Å². The normalized spacial score (nSPS) is 10.0. The molecule has 0 bridgehead atoms. The second kappa shape index (κ2) is 6.47. The van der Waals surface area contributed by atoms with Crippen LogP contribution in [-0.2, 0) is 0 Å². The van der Waals surface area contributed by atoms with Crippen molar-refractivity contribution in [3.8, 4) is 11.5 Å². The Labute approximate surface area is 117 Å². The predicted molar refractivity (Wildman–Crippen MR) is 76.8 cm³/mol. The zero-order valence-electron chi connectivity index (χ0n) is 10.9. The predicted octanol–water partition coefficient (Wildman–Crippen LogP) is 1.83. The second-order valence-electron chi connectivity index (χ2n) is 4.13. The van der Waals surface area contributed by atoms with Gasteiger partial charge in [0.2, 0.25) is 0 Å². The van der Waals surface area contributed by atoms with Crippen molar-refractivity contribution < 1.29 is 14.3 Å². The van der Waals surface area contributed by atoms with Gasteiger partial charge in [0.15, 0.2) is 0 Å². The summed E-state index contributed by atoms with van der Waals surface area (Å²) in [4.78, 5) is 11.3. The number of benzene rings is 2. The number of carbonyl (C=O) groups is 1. The third-order valence-corrected chi connectivity index (χ3v) is 2.62. The number of primary amides is 1. The number of para-hydroxylation sites is 1. The molecule has 0 saturated heterocycles. The number of nitrogens with two attached hydrogens (primary N) is 2. The van der Waals surface area contributed by atoms with Gasteiger partial charge in [0.25, 0.3) is 5.91 Å². The second-order valence-corrected chi connectivity index (χ2v) is 4.13. The van der Waals surface area contributed by atoms with Crippen LogP contribution in [0.4, 0.5) is 5.69 Å². The Hall–Kier alpha value is -2.69. The Morgan fingerprint density at radius 2 is 1.70 bits per heavy atom. The van der Waals surface area contributed by atoms with E-state index in [1.54, 1.807) is 12.1 Å². The topological polar surface area (TPSA) is 87.6 Å². The zero-order chi connectivity index (χ0) is 14.4. The number of carbonyl (C=O) groups excluding carboxylic acids is 1. The molecule has 0 atom stereocenters. The molecule has 2 aromatic rings. The minimum absolute atomic E-state index is 0.268. The molecule has 1 amide bonds. The summed E-state index contributed by atoms with van der Waals surface area (Å²) in [6.07, 6.45) is 0. The van der Waals surface area contributed by atoms with Gasteiger partial charge in [-0.25, -0.2) is 0 Å². The summed E-state index contributed by atoms with van der Waals surface area (Å²) in [6.45, 7) is 0.672. The lowest BCUT2D eigenvalue weighted by Crippen LogP contribution is -2.15. The van der Waals surface area contributed by atoms with E-state index in [-0.39, 0.29) is 5.56 Å². The average molecular weight is 272 g/mol. The van der Waals surface area contributed by atoms with Gasteiger partial charge in [0.05, 0.1) is 5.56 Å². The van der Waals surface area contributed by atoms with E-state index >= 15 is 0 Å². The van der Waals surface area contributed by atoms with Crippen LogP contribution in [0.3, 0.4) is 0 Å². The highest BCUT2D eigenvalue weighted by Gasteiger charge is 2.09. The summed E-state index contributed by atoms with van der Waals surface area (Å²) in [5.74, 6) is 0.600. The molecule has 4 N–H and O–H groups in total. The number of hydrogen-bond donors (Lipinski definition) is 2. The summed E-state index contributed by atoms with van der Waals surface area (Å²) in [7, 11) is 0. The van der Waals surface area contributed by atoms with Crippen molar-refractivity contribution in [3.63, 3.8) is 0 Å². The molecule has 5 nitrogen and oxygen atoms in total. The Morgan fingerprint density at radius 3 is 2.40 bits per heavy atom. The Bertz CT molecular complexity index is 585. The average Bonchev–Trinajstić information content (AvgIpc) is 2.45. The first kappa shape index (κ1) is 13.7. The largest absolute Gasteiger partial charge is 0.490 e. The van der Waals surface area contributed by atoms with Crippen LogP contribution in [0.5, 0.6) is 11.5 Å². The molecule has 0 aromatic heterocycles. The molecular weight excluding hydrogens is 256 g/mol. The van der Waals surface area contributed by atoms with Gasteiger partial charge in [-0.15, -0.1) is 0 Å². The number of nitrogen functional groups attached to an aromatic ring is 1. The highest BCUT2D eigenvalue weighted by Crippen LogP contribution is 2.21. The molecule has 0 aliphatic carbocycles. The number of hydrogen-bond acceptors (Lipinski definition) is 4. The van der Waals surface area contributed by atoms with Crippen molar-refractivity contribution >= 4 is 11.6 Å². The molecule has 0 aliphatic rings. The molecule has 0 radical (unpaired) electrons. The smallest absolute Gasteiger partial charge is 0.252 e. The molecule has 2 rings (SSSR count). The molecule has 104 valence electrons. The van der Waals surface area contributed by atoms with Crippen LogP contribution >= 0.6 is 0 Å². The lowest BCUT2D eigenvalue weighted by atomic mass is 10.1. The number of amides is 1. The lowest BCUT2D eigenvalue weighted by Gasteiger charge is -2.11. The maximum absolute atomic E-state index is 11.3. The molecule has 5 heteroatoms. The van der Waals surface area contributed by atoms with Crippen molar-refractivity contribution in [2.75, 3.05) is 18.9 Å². The van der Waals surface area contributed by atoms with Crippen LogP contribution in [0.25, 0.3) is 0 Å². The number of anilines is 1. The summed E-state index contributed by atoms with van der Waals surface area (Å²) in [6, 6.07) is 14.2. The first-order valence-electron chi connectivity index (χ1n) is 6.17. The van der Waals surface area contributed by atoms with E-state index in [1.165, 1.54) is 6.07 Å². The first-order chi connectivity index (χ1) is 9.66. The fraction of sp³-hybridized carbons (Fsp3) is 0.133. The van der Waals surface area contributed by atoms with Gasteiger partial charge in [-0.05, 0) is 30.3 Å². The standard InChI is InChI=1S/C15H16N2O3/c16-11-6-7-14(13(10-11)15(17)18)20-9-8-19-12-4-2-1-3-5-12/h1-7,10H,8-9,16H2,(H2,17,18). The summed E-state index contributed by atoms with van der Waals surface area (Å²) in [5.41, 5.74) is 11.6. The van der Waals surface area contributed by atoms with Crippen LogP contribution < -0.4 is 20.9 Å². The molecule has 2 aromatic carbocycles. The Morgan fingerprint density at radius 1 is 1.00 bits per heavy atom. The third kappa shape index (κ3) is 3.65. The molecule has 0 unspecified atom stereocenters. The third-order valence-electron chi connectivity index (χ3n) is 2.62. The summed E-state index contributed by atoms with van der Waals surface area (Å²) < 4.78 is 11.0. The van der Waals surface area contributed by atoms with Gasteiger partial charge in [0.1, 0.15) is 24.7 Å². The minimum atomic E-state index is -0.573. The van der Waals surface area contributed by atoms with E-state index in [2.05, 4.69) is 0 Å². The molecular formula is C15H16N2O3. The van der Waals surface area contributed by atoms with E-state index in [9.17, 15) is 4.79 Å². The monoisotopic (exact) mass is 272 g/mol. The summed E-state index contributed by atoms with van der Waals surface area (Å²) in [5, 5.41) is 0. The molecule has 0 fully saturated rings. The van der Waals surface area contributed by atoms with E-state index in [0.717, 1.165) is 5.75 Å². The van der Waals surface area contributed by atoms with Crippen LogP contribution in [0, 0.1) is 0 Å². The number of rotatable bonds is 6. The van der Waals surface area contributed by atoms with Crippen molar-refractivity contribution in [3.05, 3.63) is 54.1 Å². The van der Waals surface area contributed by atoms with Crippen LogP contribution in [0.15, 0.2) is 48.5 Å². The molecule has 0 aliphatic heterocycles. The minimum Gasteiger partial charge on any atom is -0.490 e. The molecule has 20 heavy (non-hydrogen) atoms. The first-order valence-corrected chi connectivity index (χ1v) is 6.17. The maximum atomic E-state index is 11.3. The van der Waals surface area contributed by atoms with Gasteiger partial charge in [0, 0.05) is 5.69 Å². The van der Waals surface area contributed by atoms with Crippen LogP contribution in [0.1, 0.15) is 10.4 Å². The van der Waals surface area contributed by atoms with Gasteiger partial charge in [-0.3, -0.25) is 4.79 Å². The van der Waals surface area contributed by atoms with Crippen molar-refractivity contribution in [2.45, 2.75) is 0 Å². The van der Waals surface area contributed by atoms with E-state index in [1.807, 2.05) is 30.3 Å². The van der Waals surface area contributed by atoms with Gasteiger partial charge in [-0.2, -0.15) is 0 Å². The quantitative estimate of drug-likeness (QED) is 0.620. The number of ether oxygens (including phenoxy) is 2. The fourth-order valence-corrected chi connectivity index (χ4v) is 1.69. The van der Waals surface area contributed by atoms with Crippen molar-refractivity contribution in [1.82, 2.24) is 0 Å². The Balaban J connectivity index is 1.90. The lowest BCUT2D eigenvalue weighted by molar-refractivity contribution is 0.0995. The SMILES string of the molecule is NC(=O)c1cc(N)ccc1OCCOc1ccccc1. The highest BCUT2D eigenvalue weighted by atomic mass is 16.5. The summed E-state index contributed by atoms with van der Waals surface area (Å²) >= 11 is 0. The van der Waals surface area contributed by atoms with Crippen LogP contribution in [0.2, 0.25) is 0 Å². The van der Waals surface area contributed by atoms with Gasteiger partial charge >= 0.3 is 0 Å². The molecule has 0 heterocycles. The van der Waals surface area contributed by atoms with E-state index in [4.69, 9.17) is 20.9 Å². The highest BCUT2D eigenvalue weighted by molar-refractivity contribution is 5.96. The van der Waals surface area contributed by atoms with Gasteiger partial charge < -0.3 is 20.9 Å². The maximum Gasteiger partial charge on any atom is 0.252 e. The van der Waals surface area contributed by atoms with E-state index < -0.39 is 5.91 Å². The molecule has 0 saturated carbocycles. The van der Waals surface area contributed by atoms with Crippen molar-refractivity contribution in [2.24, 2.45) is 5.73 Å². The zero-order valence-corrected chi connectivity index (χ0v) is 10.9. The Kier molecular flexibility index (Phi) is 4.44. The van der Waals surface area contributed by atoms with E-state index in [0.29, 0.717) is 24.7 Å². The fourth-order valence-electron chi connectivity index (χ4n) is 1.69. The van der Waals surface area contributed by atoms with Crippen LogP contribution in [-0.4, -0.2) is 19.1 Å². The molecule has 0 spiro atoms.